The number of hydrogen-bond acceptors (Lipinski definition) is 4. The second-order valence-corrected chi connectivity index (χ2v) is 8.74. The normalized spacial score (nSPS) is 15.7. The van der Waals surface area contributed by atoms with Crippen molar-refractivity contribution in [3.05, 3.63) is 83.4 Å². The summed E-state index contributed by atoms with van der Waals surface area (Å²) in [7, 11) is 1.52. The van der Waals surface area contributed by atoms with Crippen LogP contribution in [0.25, 0.3) is 0 Å². The standard InChI is InChI=1S/C24H21ClN2O3S/c1-30-20-12-11-17(25)13-18(20)26-23(28)15-27-19-9-5-6-10-21(19)31-22(14-24(27)29)16-7-3-2-4-8-16/h2-13,22H,14-15H2,1H3,(H,26,28). The smallest absolute Gasteiger partial charge is 0.244 e. The molecule has 1 aliphatic rings. The molecule has 0 spiro atoms. The van der Waals surface area contributed by atoms with Gasteiger partial charge in [-0.1, -0.05) is 54.1 Å². The molecular weight excluding hydrogens is 432 g/mol. The highest BCUT2D eigenvalue weighted by molar-refractivity contribution is 7.99. The van der Waals surface area contributed by atoms with Crippen LogP contribution in [-0.4, -0.2) is 25.5 Å². The minimum absolute atomic E-state index is 0.0177. The molecule has 0 bridgehead atoms. The fourth-order valence-corrected chi connectivity index (χ4v) is 4.97. The van der Waals surface area contributed by atoms with Crippen LogP contribution in [0.1, 0.15) is 17.2 Å². The highest BCUT2D eigenvalue weighted by atomic mass is 35.5. The van der Waals surface area contributed by atoms with E-state index in [0.29, 0.717) is 22.9 Å². The zero-order chi connectivity index (χ0) is 21.8. The van der Waals surface area contributed by atoms with E-state index in [0.717, 1.165) is 16.1 Å². The van der Waals surface area contributed by atoms with E-state index >= 15 is 0 Å². The SMILES string of the molecule is COc1ccc(Cl)cc1NC(=O)CN1C(=O)CC(c2ccccc2)Sc2ccccc21. The van der Waals surface area contributed by atoms with Crippen molar-refractivity contribution in [2.75, 3.05) is 23.9 Å². The third kappa shape index (κ3) is 4.86. The lowest BCUT2D eigenvalue weighted by Crippen LogP contribution is -2.38. The van der Waals surface area contributed by atoms with Crippen LogP contribution in [0, 0.1) is 0 Å². The Labute approximate surface area is 190 Å². The average Bonchev–Trinajstić information content (AvgIpc) is 2.91. The number of thioether (sulfide) groups is 1. The van der Waals surface area contributed by atoms with Crippen LogP contribution < -0.4 is 15.0 Å². The zero-order valence-corrected chi connectivity index (χ0v) is 18.5. The van der Waals surface area contributed by atoms with Crippen LogP contribution in [0.4, 0.5) is 11.4 Å². The van der Waals surface area contributed by atoms with Gasteiger partial charge in [-0.25, -0.2) is 0 Å². The molecule has 1 unspecified atom stereocenters. The maximum Gasteiger partial charge on any atom is 0.244 e. The summed E-state index contributed by atoms with van der Waals surface area (Å²) in [5.74, 6) is 0.0754. The van der Waals surface area contributed by atoms with Gasteiger partial charge in [-0.05, 0) is 35.9 Å². The molecule has 1 N–H and O–H groups in total. The molecule has 4 rings (SSSR count). The number of nitrogens with one attached hydrogen (secondary N) is 1. The molecule has 7 heteroatoms. The molecule has 0 saturated heterocycles. The number of fused-ring (bicyclic) bond motifs is 1. The summed E-state index contributed by atoms with van der Waals surface area (Å²) in [6, 6.07) is 22.6. The van der Waals surface area contributed by atoms with E-state index in [2.05, 4.69) is 5.32 Å². The molecule has 0 aromatic heterocycles. The molecule has 2 amide bonds. The fraction of sp³-hybridized carbons (Fsp3) is 0.167. The topological polar surface area (TPSA) is 58.6 Å². The summed E-state index contributed by atoms with van der Waals surface area (Å²) in [6.07, 6.45) is 0.303. The Morgan fingerprint density at radius 3 is 2.65 bits per heavy atom. The van der Waals surface area contributed by atoms with Crippen LogP contribution in [0.2, 0.25) is 5.02 Å². The van der Waals surface area contributed by atoms with Gasteiger partial charge >= 0.3 is 0 Å². The van der Waals surface area contributed by atoms with Gasteiger partial charge < -0.3 is 15.0 Å². The van der Waals surface area contributed by atoms with Crippen molar-refractivity contribution >= 4 is 46.6 Å². The van der Waals surface area contributed by atoms with Crippen molar-refractivity contribution in [2.45, 2.75) is 16.6 Å². The van der Waals surface area contributed by atoms with Crippen molar-refractivity contribution in [1.82, 2.24) is 0 Å². The Bertz CT molecular complexity index is 1110. The lowest BCUT2D eigenvalue weighted by atomic mass is 10.1. The Morgan fingerprint density at radius 1 is 1.13 bits per heavy atom. The molecule has 1 aliphatic heterocycles. The molecular formula is C24H21ClN2O3S. The van der Waals surface area contributed by atoms with E-state index in [1.165, 1.54) is 7.11 Å². The molecule has 0 aliphatic carbocycles. The van der Waals surface area contributed by atoms with E-state index in [-0.39, 0.29) is 23.6 Å². The lowest BCUT2D eigenvalue weighted by molar-refractivity contribution is -0.121. The number of anilines is 2. The molecule has 5 nitrogen and oxygen atoms in total. The third-order valence-corrected chi connectivity index (χ3v) is 6.55. The van der Waals surface area contributed by atoms with Gasteiger partial charge in [0.05, 0.1) is 18.5 Å². The highest BCUT2D eigenvalue weighted by Gasteiger charge is 2.30. The average molecular weight is 453 g/mol. The van der Waals surface area contributed by atoms with E-state index in [1.54, 1.807) is 34.9 Å². The van der Waals surface area contributed by atoms with Crippen LogP contribution in [0.3, 0.4) is 0 Å². The van der Waals surface area contributed by atoms with Gasteiger partial charge in [0.1, 0.15) is 12.3 Å². The third-order valence-electron chi connectivity index (χ3n) is 5.00. The maximum atomic E-state index is 13.2. The molecule has 0 fully saturated rings. The number of benzene rings is 3. The second-order valence-electron chi connectivity index (χ2n) is 7.06. The molecule has 1 atom stereocenters. The number of hydrogen-bond donors (Lipinski definition) is 1. The Balaban J connectivity index is 1.59. The Hall–Kier alpha value is -2.96. The van der Waals surface area contributed by atoms with Gasteiger partial charge in [0, 0.05) is 21.6 Å². The molecule has 3 aromatic carbocycles. The number of nitrogens with zero attached hydrogens (tertiary/aromatic N) is 1. The van der Waals surface area contributed by atoms with Crippen molar-refractivity contribution in [2.24, 2.45) is 0 Å². The minimum atomic E-state index is -0.327. The van der Waals surface area contributed by atoms with Crippen LogP contribution >= 0.6 is 23.4 Å². The fourth-order valence-electron chi connectivity index (χ4n) is 3.52. The quantitative estimate of drug-likeness (QED) is 0.550. The molecule has 31 heavy (non-hydrogen) atoms. The van der Waals surface area contributed by atoms with Crippen molar-refractivity contribution in [3.8, 4) is 5.75 Å². The molecule has 0 saturated carbocycles. The molecule has 3 aromatic rings. The first kappa shape index (κ1) is 21.3. The molecule has 0 radical (unpaired) electrons. The molecule has 1 heterocycles. The van der Waals surface area contributed by atoms with Crippen LogP contribution in [-0.2, 0) is 9.59 Å². The summed E-state index contributed by atoms with van der Waals surface area (Å²) < 4.78 is 5.29. The van der Waals surface area contributed by atoms with Gasteiger partial charge in [0.2, 0.25) is 11.8 Å². The van der Waals surface area contributed by atoms with Gasteiger partial charge in [0.25, 0.3) is 0 Å². The van der Waals surface area contributed by atoms with Gasteiger partial charge in [-0.2, -0.15) is 0 Å². The van der Waals surface area contributed by atoms with Gasteiger partial charge in [-0.3, -0.25) is 9.59 Å². The number of carbonyl (C=O) groups is 2. The number of halogens is 1. The number of carbonyl (C=O) groups excluding carboxylic acids is 2. The van der Waals surface area contributed by atoms with E-state index in [1.807, 2.05) is 54.6 Å². The summed E-state index contributed by atoms with van der Waals surface area (Å²) in [5, 5.41) is 3.28. The Morgan fingerprint density at radius 2 is 1.87 bits per heavy atom. The highest BCUT2D eigenvalue weighted by Crippen LogP contribution is 2.45. The molecule has 158 valence electrons. The first-order chi connectivity index (χ1) is 15.0. The largest absolute Gasteiger partial charge is 0.495 e. The van der Waals surface area contributed by atoms with E-state index in [4.69, 9.17) is 16.3 Å². The lowest BCUT2D eigenvalue weighted by Gasteiger charge is -2.22. The summed E-state index contributed by atoms with van der Waals surface area (Å²) in [6.45, 7) is -0.104. The number of methoxy groups -OCH3 is 1. The first-order valence-electron chi connectivity index (χ1n) is 9.79. The summed E-state index contributed by atoms with van der Waals surface area (Å²) >= 11 is 7.71. The second kappa shape index (κ2) is 9.45. The number of ether oxygens (including phenoxy) is 1. The maximum absolute atomic E-state index is 13.2. The summed E-state index contributed by atoms with van der Waals surface area (Å²) in [4.78, 5) is 28.6. The predicted octanol–water partition coefficient (Wildman–Crippen LogP) is 5.56. The zero-order valence-electron chi connectivity index (χ0n) is 16.9. The van der Waals surface area contributed by atoms with E-state index in [9.17, 15) is 9.59 Å². The number of amides is 2. The van der Waals surface area contributed by atoms with Gasteiger partial charge in [-0.15, -0.1) is 11.8 Å². The Kier molecular flexibility index (Phi) is 6.49. The van der Waals surface area contributed by atoms with Crippen molar-refractivity contribution in [3.63, 3.8) is 0 Å². The number of para-hydroxylation sites is 1. The predicted molar refractivity (Wildman–Crippen MR) is 125 cm³/mol. The number of rotatable bonds is 5. The van der Waals surface area contributed by atoms with Gasteiger partial charge in [0.15, 0.2) is 0 Å². The van der Waals surface area contributed by atoms with E-state index < -0.39 is 0 Å². The minimum Gasteiger partial charge on any atom is -0.495 e. The monoisotopic (exact) mass is 452 g/mol. The van der Waals surface area contributed by atoms with Crippen molar-refractivity contribution in [1.29, 1.82) is 0 Å². The van der Waals surface area contributed by atoms with Crippen LogP contribution in [0.5, 0.6) is 5.75 Å². The summed E-state index contributed by atoms with van der Waals surface area (Å²) in [5.41, 5.74) is 2.29. The van der Waals surface area contributed by atoms with Crippen LogP contribution in [0.15, 0.2) is 77.7 Å². The van der Waals surface area contributed by atoms with Crippen molar-refractivity contribution < 1.29 is 14.3 Å². The first-order valence-corrected chi connectivity index (χ1v) is 11.1.